The smallest absolute Gasteiger partial charge is 0.142 e. The van der Waals surface area contributed by atoms with Crippen LogP contribution in [0.15, 0.2) is 0 Å². The van der Waals surface area contributed by atoms with Gasteiger partial charge in [-0.05, 0) is 56.2 Å². The van der Waals surface area contributed by atoms with Crippen molar-refractivity contribution in [3.8, 4) is 0 Å². The summed E-state index contributed by atoms with van der Waals surface area (Å²) in [5, 5.41) is 4.75. The molecule has 1 saturated heterocycles. The van der Waals surface area contributed by atoms with E-state index in [1.165, 1.54) is 67.3 Å². The molecule has 0 radical (unpaired) electrons. The van der Waals surface area contributed by atoms with Gasteiger partial charge in [0.2, 0.25) is 0 Å². The van der Waals surface area contributed by atoms with Crippen LogP contribution in [0, 0.1) is 0 Å². The van der Waals surface area contributed by atoms with Gasteiger partial charge < -0.3 is 16.0 Å². The minimum atomic E-state index is 0.682. The molecule has 1 aromatic heterocycles. The summed E-state index contributed by atoms with van der Waals surface area (Å²) in [4.78, 5) is 2.55. The number of likely N-dealkylation sites (tertiary alicyclic amines) is 1. The first-order chi connectivity index (χ1) is 8.84. The number of hydrogen-bond acceptors (Lipinski definition) is 5. The molecular weight excluding hydrogens is 244 g/mol. The van der Waals surface area contributed by atoms with E-state index in [1.54, 1.807) is 0 Å². The van der Waals surface area contributed by atoms with Gasteiger partial charge in [-0.2, -0.15) is 4.37 Å². The zero-order valence-electron chi connectivity index (χ0n) is 10.8. The Bertz CT molecular complexity index is 394. The van der Waals surface area contributed by atoms with Gasteiger partial charge in [-0.1, -0.05) is 6.42 Å². The highest BCUT2D eigenvalue weighted by Gasteiger charge is 2.30. The maximum Gasteiger partial charge on any atom is 0.142 e. The number of piperidine rings is 1. The van der Waals surface area contributed by atoms with Crippen LogP contribution < -0.4 is 11.1 Å². The standard InChI is InChI=1S/C13H22N4S/c14-12-11(10-4-5-10)13(18-16-12)15-6-9-17-7-2-1-3-8-17/h10,15H,1-9H2,(H2,14,16). The first-order valence-corrected chi connectivity index (χ1v) is 7.83. The summed E-state index contributed by atoms with van der Waals surface area (Å²) >= 11 is 1.53. The fraction of sp³-hybridized carbons (Fsp3) is 0.769. The normalized spacial score (nSPS) is 21.1. The Morgan fingerprint density at radius 3 is 2.78 bits per heavy atom. The molecule has 1 aliphatic carbocycles. The fourth-order valence-electron chi connectivity index (χ4n) is 2.71. The molecule has 0 aromatic carbocycles. The van der Waals surface area contributed by atoms with Gasteiger partial charge in [0.05, 0.1) is 0 Å². The average molecular weight is 266 g/mol. The molecule has 4 nitrogen and oxygen atoms in total. The monoisotopic (exact) mass is 266 g/mol. The number of nitrogens with zero attached hydrogens (tertiary/aromatic N) is 2. The second-order valence-corrected chi connectivity index (χ2v) is 6.19. The second kappa shape index (κ2) is 5.45. The van der Waals surface area contributed by atoms with Crippen LogP contribution in [0.1, 0.15) is 43.6 Å². The van der Waals surface area contributed by atoms with Crippen LogP contribution in [0.4, 0.5) is 10.8 Å². The van der Waals surface area contributed by atoms with Crippen molar-refractivity contribution < 1.29 is 0 Å². The van der Waals surface area contributed by atoms with Crippen molar-refractivity contribution in [3.05, 3.63) is 5.56 Å². The van der Waals surface area contributed by atoms with Gasteiger partial charge >= 0.3 is 0 Å². The van der Waals surface area contributed by atoms with Crippen molar-refractivity contribution in [3.63, 3.8) is 0 Å². The predicted molar refractivity (Wildman–Crippen MR) is 77.3 cm³/mol. The zero-order chi connectivity index (χ0) is 12.4. The summed E-state index contributed by atoms with van der Waals surface area (Å²) < 4.78 is 4.29. The van der Waals surface area contributed by atoms with Gasteiger partial charge in [0.1, 0.15) is 10.8 Å². The molecule has 2 aliphatic rings. The van der Waals surface area contributed by atoms with E-state index in [-0.39, 0.29) is 0 Å². The van der Waals surface area contributed by atoms with Gasteiger partial charge in [-0.3, -0.25) is 0 Å². The van der Waals surface area contributed by atoms with E-state index < -0.39 is 0 Å². The number of nitrogens with two attached hydrogens (primary N) is 1. The Morgan fingerprint density at radius 2 is 2.06 bits per heavy atom. The minimum Gasteiger partial charge on any atom is -0.383 e. The lowest BCUT2D eigenvalue weighted by atomic mass is 10.1. The van der Waals surface area contributed by atoms with Gasteiger partial charge in [0, 0.05) is 18.7 Å². The number of nitrogen functional groups attached to an aromatic ring is 1. The van der Waals surface area contributed by atoms with Crippen LogP contribution in [-0.2, 0) is 0 Å². The van der Waals surface area contributed by atoms with Crippen molar-refractivity contribution in [2.24, 2.45) is 0 Å². The lowest BCUT2D eigenvalue weighted by Crippen LogP contribution is -2.33. The van der Waals surface area contributed by atoms with Crippen molar-refractivity contribution >= 4 is 22.4 Å². The van der Waals surface area contributed by atoms with E-state index in [0.29, 0.717) is 5.92 Å². The molecule has 3 N–H and O–H groups in total. The predicted octanol–water partition coefficient (Wildman–Crippen LogP) is 2.50. The topological polar surface area (TPSA) is 54.2 Å². The third kappa shape index (κ3) is 2.78. The highest BCUT2D eigenvalue weighted by Crippen LogP contribution is 2.47. The van der Waals surface area contributed by atoms with Crippen LogP contribution in [0.5, 0.6) is 0 Å². The molecule has 1 aliphatic heterocycles. The van der Waals surface area contributed by atoms with Crippen LogP contribution >= 0.6 is 11.5 Å². The number of rotatable bonds is 5. The third-order valence-corrected chi connectivity index (χ3v) is 4.74. The van der Waals surface area contributed by atoms with E-state index in [0.717, 1.165) is 18.9 Å². The molecule has 2 heterocycles. The first kappa shape index (κ1) is 12.2. The average Bonchev–Trinajstić information content (AvgIpc) is 3.16. The molecule has 2 fully saturated rings. The summed E-state index contributed by atoms with van der Waals surface area (Å²) in [6, 6.07) is 0. The Kier molecular flexibility index (Phi) is 3.70. The lowest BCUT2D eigenvalue weighted by molar-refractivity contribution is 0.237. The highest BCUT2D eigenvalue weighted by molar-refractivity contribution is 7.10. The number of nitrogens with one attached hydrogen (secondary N) is 1. The van der Waals surface area contributed by atoms with Crippen LogP contribution in [0.3, 0.4) is 0 Å². The molecule has 0 unspecified atom stereocenters. The summed E-state index contributed by atoms with van der Waals surface area (Å²) in [6.45, 7) is 4.69. The van der Waals surface area contributed by atoms with Crippen molar-refractivity contribution in [2.75, 3.05) is 37.2 Å². The Balaban J connectivity index is 1.50. The van der Waals surface area contributed by atoms with Crippen LogP contribution in [-0.4, -0.2) is 35.5 Å². The minimum absolute atomic E-state index is 0.682. The molecule has 3 rings (SSSR count). The lowest BCUT2D eigenvalue weighted by Gasteiger charge is -2.26. The molecule has 0 bridgehead atoms. The molecule has 100 valence electrons. The fourth-order valence-corrected chi connectivity index (χ4v) is 3.54. The van der Waals surface area contributed by atoms with E-state index in [1.807, 2.05) is 0 Å². The molecular formula is C13H22N4S. The highest BCUT2D eigenvalue weighted by atomic mass is 32.1. The van der Waals surface area contributed by atoms with E-state index >= 15 is 0 Å². The summed E-state index contributed by atoms with van der Waals surface area (Å²) in [6.07, 6.45) is 6.69. The Morgan fingerprint density at radius 1 is 1.28 bits per heavy atom. The van der Waals surface area contributed by atoms with E-state index in [4.69, 9.17) is 5.73 Å². The second-order valence-electron chi connectivity index (χ2n) is 5.41. The molecule has 0 spiro atoms. The number of aromatic nitrogens is 1. The van der Waals surface area contributed by atoms with Crippen molar-refractivity contribution in [2.45, 2.75) is 38.0 Å². The van der Waals surface area contributed by atoms with Gasteiger partial charge in [-0.25, -0.2) is 0 Å². The number of anilines is 2. The Labute approximate surface area is 113 Å². The Hall–Kier alpha value is -0.810. The van der Waals surface area contributed by atoms with Crippen LogP contribution in [0.2, 0.25) is 0 Å². The van der Waals surface area contributed by atoms with Crippen molar-refractivity contribution in [1.29, 1.82) is 0 Å². The molecule has 18 heavy (non-hydrogen) atoms. The molecule has 1 saturated carbocycles. The molecule has 5 heteroatoms. The number of hydrogen-bond donors (Lipinski definition) is 2. The SMILES string of the molecule is Nc1nsc(NCCN2CCCCC2)c1C1CC1. The van der Waals surface area contributed by atoms with Gasteiger partial charge in [0.25, 0.3) is 0 Å². The van der Waals surface area contributed by atoms with Crippen molar-refractivity contribution in [1.82, 2.24) is 9.27 Å². The molecule has 1 aromatic rings. The largest absolute Gasteiger partial charge is 0.383 e. The molecule has 0 atom stereocenters. The van der Waals surface area contributed by atoms with Gasteiger partial charge in [-0.15, -0.1) is 0 Å². The summed E-state index contributed by atoms with van der Waals surface area (Å²) in [5.41, 5.74) is 7.24. The first-order valence-electron chi connectivity index (χ1n) is 7.06. The maximum absolute atomic E-state index is 5.95. The quantitative estimate of drug-likeness (QED) is 0.860. The van der Waals surface area contributed by atoms with E-state index in [9.17, 15) is 0 Å². The van der Waals surface area contributed by atoms with Crippen LogP contribution in [0.25, 0.3) is 0 Å². The summed E-state index contributed by atoms with van der Waals surface area (Å²) in [7, 11) is 0. The van der Waals surface area contributed by atoms with E-state index in [2.05, 4.69) is 14.6 Å². The summed E-state index contributed by atoms with van der Waals surface area (Å²) in [5.74, 6) is 1.43. The van der Waals surface area contributed by atoms with Gasteiger partial charge in [0.15, 0.2) is 0 Å². The zero-order valence-corrected chi connectivity index (χ0v) is 11.6. The molecule has 0 amide bonds. The maximum atomic E-state index is 5.95. The third-order valence-electron chi connectivity index (χ3n) is 3.90.